The molecular formula is C11H11F3N4S. The van der Waals surface area contributed by atoms with Crippen LogP contribution in [0.15, 0.2) is 12.3 Å². The summed E-state index contributed by atoms with van der Waals surface area (Å²) in [5, 5.41) is -0.897. The monoisotopic (exact) mass is 288 g/mol. The lowest BCUT2D eigenvalue weighted by Crippen LogP contribution is -2.03. The molecule has 0 saturated heterocycles. The Kier molecular flexibility index (Phi) is 3.44. The second kappa shape index (κ2) is 4.76. The topological polar surface area (TPSA) is 64.7 Å². The molecule has 19 heavy (non-hydrogen) atoms. The molecule has 2 heterocycles. The van der Waals surface area contributed by atoms with E-state index < -0.39 is 11.2 Å². The summed E-state index contributed by atoms with van der Waals surface area (Å²) in [5.74, 6) is 0.768. The van der Waals surface area contributed by atoms with Crippen molar-refractivity contribution in [1.82, 2.24) is 15.0 Å². The highest BCUT2D eigenvalue weighted by molar-refractivity contribution is 7.15. The van der Waals surface area contributed by atoms with E-state index in [-0.39, 0.29) is 11.7 Å². The molecule has 0 spiro atoms. The van der Waals surface area contributed by atoms with Crippen molar-refractivity contribution in [2.45, 2.75) is 25.9 Å². The molecule has 0 aliphatic carbocycles. The molecule has 8 heteroatoms. The molecule has 0 aromatic carbocycles. The number of aromatic nitrogens is 3. The summed E-state index contributed by atoms with van der Waals surface area (Å²) in [5.41, 5.74) is 6.00. The van der Waals surface area contributed by atoms with Crippen LogP contribution < -0.4 is 5.73 Å². The Balaban J connectivity index is 2.44. The van der Waals surface area contributed by atoms with Gasteiger partial charge in [-0.15, -0.1) is 11.3 Å². The zero-order valence-corrected chi connectivity index (χ0v) is 11.0. The number of halogens is 3. The van der Waals surface area contributed by atoms with E-state index in [0.29, 0.717) is 27.7 Å². The van der Waals surface area contributed by atoms with Gasteiger partial charge in [-0.25, -0.2) is 15.0 Å². The fourth-order valence-electron chi connectivity index (χ4n) is 1.39. The molecule has 0 atom stereocenters. The Morgan fingerprint density at radius 1 is 1.26 bits per heavy atom. The number of thiazole rings is 1. The van der Waals surface area contributed by atoms with E-state index in [2.05, 4.69) is 15.0 Å². The maximum atomic E-state index is 12.5. The van der Waals surface area contributed by atoms with Crippen molar-refractivity contribution in [3.63, 3.8) is 0 Å². The maximum Gasteiger partial charge on any atom is 0.443 e. The summed E-state index contributed by atoms with van der Waals surface area (Å²) in [6.07, 6.45) is -3.29. The minimum Gasteiger partial charge on any atom is -0.384 e. The first-order valence-electron chi connectivity index (χ1n) is 5.45. The van der Waals surface area contributed by atoms with Crippen molar-refractivity contribution in [3.8, 4) is 10.6 Å². The van der Waals surface area contributed by atoms with Gasteiger partial charge >= 0.3 is 6.18 Å². The van der Waals surface area contributed by atoms with E-state index in [4.69, 9.17) is 5.73 Å². The third-order valence-corrected chi connectivity index (χ3v) is 3.34. The molecule has 0 aliphatic rings. The second-order valence-electron chi connectivity index (χ2n) is 4.22. The molecule has 4 nitrogen and oxygen atoms in total. The van der Waals surface area contributed by atoms with Crippen molar-refractivity contribution in [2.75, 3.05) is 5.73 Å². The van der Waals surface area contributed by atoms with Crippen LogP contribution in [0.2, 0.25) is 0 Å². The van der Waals surface area contributed by atoms with Gasteiger partial charge in [-0.1, -0.05) is 13.8 Å². The lowest BCUT2D eigenvalue weighted by Gasteiger charge is -2.06. The van der Waals surface area contributed by atoms with Crippen molar-refractivity contribution in [2.24, 2.45) is 0 Å². The van der Waals surface area contributed by atoms with Gasteiger partial charge in [0, 0.05) is 18.2 Å². The Morgan fingerprint density at radius 3 is 2.47 bits per heavy atom. The molecule has 0 saturated carbocycles. The molecule has 2 aromatic rings. The lowest BCUT2D eigenvalue weighted by atomic mass is 10.2. The van der Waals surface area contributed by atoms with Gasteiger partial charge in [0.25, 0.3) is 0 Å². The largest absolute Gasteiger partial charge is 0.443 e. The fourth-order valence-corrected chi connectivity index (χ4v) is 2.14. The van der Waals surface area contributed by atoms with Crippen LogP contribution in [-0.2, 0) is 6.18 Å². The third kappa shape index (κ3) is 3.01. The fraction of sp³-hybridized carbons (Fsp3) is 0.364. The van der Waals surface area contributed by atoms with Crippen LogP contribution in [0.25, 0.3) is 10.6 Å². The number of anilines is 1. The van der Waals surface area contributed by atoms with Gasteiger partial charge in [-0.2, -0.15) is 13.2 Å². The molecule has 2 rings (SSSR count). The number of nitrogen functional groups attached to an aromatic ring is 1. The summed E-state index contributed by atoms with van der Waals surface area (Å²) in [4.78, 5) is 11.9. The Bertz CT molecular complexity index is 592. The quantitative estimate of drug-likeness (QED) is 0.920. The molecular weight excluding hydrogens is 277 g/mol. The first kappa shape index (κ1) is 13.7. The number of hydrogen-bond acceptors (Lipinski definition) is 5. The minimum absolute atomic E-state index is 0.0391. The van der Waals surface area contributed by atoms with Crippen molar-refractivity contribution in [3.05, 3.63) is 23.1 Å². The summed E-state index contributed by atoms with van der Waals surface area (Å²) in [7, 11) is 0. The molecule has 102 valence electrons. The summed E-state index contributed by atoms with van der Waals surface area (Å²) >= 11 is 0.540. The third-order valence-electron chi connectivity index (χ3n) is 2.28. The Morgan fingerprint density at radius 2 is 1.95 bits per heavy atom. The lowest BCUT2D eigenvalue weighted by molar-refractivity contribution is -0.137. The summed E-state index contributed by atoms with van der Waals surface area (Å²) in [6, 6.07) is 1.44. The Hall–Kier alpha value is -1.70. The molecule has 2 aromatic heterocycles. The minimum atomic E-state index is -4.44. The van der Waals surface area contributed by atoms with Crippen LogP contribution in [0, 0.1) is 0 Å². The molecule has 2 N–H and O–H groups in total. The SMILES string of the molecule is CC(C)c1nc(N)cc(-c2cnc(C(F)(F)F)s2)n1. The van der Waals surface area contributed by atoms with Gasteiger partial charge in [0.1, 0.15) is 11.6 Å². The first-order chi connectivity index (χ1) is 8.77. The molecule has 0 radical (unpaired) electrons. The predicted molar refractivity (Wildman–Crippen MR) is 66.6 cm³/mol. The van der Waals surface area contributed by atoms with E-state index in [1.807, 2.05) is 13.8 Å². The highest BCUT2D eigenvalue weighted by Gasteiger charge is 2.34. The highest BCUT2D eigenvalue weighted by Crippen LogP contribution is 2.36. The van der Waals surface area contributed by atoms with E-state index >= 15 is 0 Å². The van der Waals surface area contributed by atoms with Crippen LogP contribution in [0.1, 0.15) is 30.6 Å². The predicted octanol–water partition coefficient (Wildman–Crippen LogP) is 3.32. The highest BCUT2D eigenvalue weighted by atomic mass is 32.1. The van der Waals surface area contributed by atoms with Crippen LogP contribution in [0.3, 0.4) is 0 Å². The standard InChI is InChI=1S/C11H11F3N4S/c1-5(2)9-17-6(3-8(15)18-9)7-4-16-10(19-7)11(12,13)14/h3-5H,1-2H3,(H2,15,17,18). The number of alkyl halides is 3. The molecule has 0 fully saturated rings. The maximum absolute atomic E-state index is 12.5. The summed E-state index contributed by atoms with van der Waals surface area (Å²) in [6.45, 7) is 3.76. The number of hydrogen-bond donors (Lipinski definition) is 1. The second-order valence-corrected chi connectivity index (χ2v) is 5.25. The van der Waals surface area contributed by atoms with E-state index in [9.17, 15) is 13.2 Å². The zero-order valence-electron chi connectivity index (χ0n) is 10.2. The van der Waals surface area contributed by atoms with Crippen molar-refractivity contribution < 1.29 is 13.2 Å². The summed E-state index contributed by atoms with van der Waals surface area (Å²) < 4.78 is 37.5. The average molecular weight is 288 g/mol. The normalized spacial score (nSPS) is 12.1. The van der Waals surface area contributed by atoms with E-state index in [0.717, 1.165) is 6.20 Å². The number of nitrogens with two attached hydrogens (primary N) is 1. The zero-order chi connectivity index (χ0) is 14.2. The van der Waals surface area contributed by atoms with Crippen molar-refractivity contribution in [1.29, 1.82) is 0 Å². The average Bonchev–Trinajstić information content (AvgIpc) is 2.76. The van der Waals surface area contributed by atoms with Gasteiger partial charge in [0.05, 0.1) is 10.6 Å². The van der Waals surface area contributed by atoms with Gasteiger partial charge < -0.3 is 5.73 Å². The van der Waals surface area contributed by atoms with Crippen LogP contribution >= 0.6 is 11.3 Å². The molecule has 0 aliphatic heterocycles. The van der Waals surface area contributed by atoms with Crippen LogP contribution in [-0.4, -0.2) is 15.0 Å². The van der Waals surface area contributed by atoms with Crippen LogP contribution in [0.4, 0.5) is 19.0 Å². The van der Waals surface area contributed by atoms with Crippen molar-refractivity contribution >= 4 is 17.2 Å². The van der Waals surface area contributed by atoms with E-state index in [1.165, 1.54) is 6.07 Å². The number of nitrogens with zero attached hydrogens (tertiary/aromatic N) is 3. The van der Waals surface area contributed by atoms with Gasteiger partial charge in [0.15, 0.2) is 5.01 Å². The van der Waals surface area contributed by atoms with Gasteiger partial charge in [-0.3, -0.25) is 0 Å². The number of rotatable bonds is 2. The van der Waals surface area contributed by atoms with Crippen LogP contribution in [0.5, 0.6) is 0 Å². The molecule has 0 unspecified atom stereocenters. The van der Waals surface area contributed by atoms with E-state index in [1.54, 1.807) is 0 Å². The Labute approximate surface area is 111 Å². The smallest absolute Gasteiger partial charge is 0.384 e. The first-order valence-corrected chi connectivity index (χ1v) is 6.27. The van der Waals surface area contributed by atoms with Gasteiger partial charge in [-0.05, 0) is 0 Å². The molecule has 0 bridgehead atoms. The van der Waals surface area contributed by atoms with Gasteiger partial charge in [0.2, 0.25) is 0 Å². The molecule has 0 amide bonds.